The summed E-state index contributed by atoms with van der Waals surface area (Å²) in [7, 11) is 1.53. The Bertz CT molecular complexity index is 1040. The average Bonchev–Trinajstić information content (AvgIpc) is 3.00. The maximum absolute atomic E-state index is 12.5. The van der Waals surface area contributed by atoms with Crippen LogP contribution in [0.25, 0.3) is 6.08 Å². The number of nitrogens with zero attached hydrogens (tertiary/aromatic N) is 1. The molecule has 0 bridgehead atoms. The van der Waals surface area contributed by atoms with Crippen molar-refractivity contribution in [2.24, 2.45) is 0 Å². The number of hydrogen-bond acceptors (Lipinski definition) is 6. The average molecular weight is 457 g/mol. The lowest BCUT2D eigenvalue weighted by Crippen LogP contribution is -2.28. The van der Waals surface area contributed by atoms with Crippen LogP contribution < -0.4 is 14.8 Å². The van der Waals surface area contributed by atoms with Crippen molar-refractivity contribution in [3.05, 3.63) is 58.5 Å². The van der Waals surface area contributed by atoms with Crippen molar-refractivity contribution in [3.8, 4) is 11.5 Å². The van der Waals surface area contributed by atoms with Crippen molar-refractivity contribution < 1.29 is 19.1 Å². The third kappa shape index (κ3) is 5.86. The summed E-state index contributed by atoms with van der Waals surface area (Å²) in [5, 5.41) is 2.80. The molecule has 6 nitrogen and oxygen atoms in total. The third-order valence-corrected chi connectivity index (χ3v) is 5.84. The number of benzene rings is 2. The highest BCUT2D eigenvalue weighted by Crippen LogP contribution is 2.34. The van der Waals surface area contributed by atoms with Gasteiger partial charge in [0.05, 0.1) is 12.0 Å². The van der Waals surface area contributed by atoms with Crippen LogP contribution in [0.5, 0.6) is 11.5 Å². The Labute approximate surface area is 191 Å². The van der Waals surface area contributed by atoms with E-state index in [9.17, 15) is 9.59 Å². The molecule has 1 aliphatic rings. The first-order valence-corrected chi connectivity index (χ1v) is 11.1. The van der Waals surface area contributed by atoms with Gasteiger partial charge in [-0.05, 0) is 54.8 Å². The van der Waals surface area contributed by atoms with Crippen LogP contribution in [-0.2, 0) is 9.59 Å². The van der Waals surface area contributed by atoms with Crippen molar-refractivity contribution in [1.82, 2.24) is 4.90 Å². The minimum absolute atomic E-state index is 0.0797. The van der Waals surface area contributed by atoms with E-state index in [4.69, 9.17) is 21.7 Å². The van der Waals surface area contributed by atoms with E-state index < -0.39 is 0 Å². The second-order valence-electron chi connectivity index (χ2n) is 6.95. The monoisotopic (exact) mass is 456 g/mol. The molecule has 0 atom stereocenters. The second kappa shape index (κ2) is 10.5. The number of aryl methyl sites for hydroxylation is 1. The zero-order chi connectivity index (χ0) is 22.4. The van der Waals surface area contributed by atoms with Crippen LogP contribution in [0.4, 0.5) is 5.69 Å². The van der Waals surface area contributed by atoms with Gasteiger partial charge in [-0.1, -0.05) is 49.1 Å². The molecule has 1 aliphatic heterocycles. The summed E-state index contributed by atoms with van der Waals surface area (Å²) in [6, 6.07) is 12.8. The standard InChI is InChI=1S/C23H24N2O4S2/c1-4-10-25-22(27)20(31-23(25)30)13-16-8-9-18(19(12-16)28-3)29-14-21(26)24-17-7-5-6-15(2)11-17/h5-9,11-13H,4,10,14H2,1-3H3,(H,24,26)/b20-13-. The number of rotatable bonds is 8. The van der Waals surface area contributed by atoms with Crippen molar-refractivity contribution in [2.75, 3.05) is 25.6 Å². The van der Waals surface area contributed by atoms with Gasteiger partial charge in [0, 0.05) is 12.2 Å². The summed E-state index contributed by atoms with van der Waals surface area (Å²) in [4.78, 5) is 26.9. The molecule has 31 heavy (non-hydrogen) atoms. The number of ether oxygens (including phenoxy) is 2. The van der Waals surface area contributed by atoms with Crippen molar-refractivity contribution in [3.63, 3.8) is 0 Å². The van der Waals surface area contributed by atoms with Crippen LogP contribution in [0, 0.1) is 6.92 Å². The molecule has 2 aromatic rings. The number of thioether (sulfide) groups is 1. The molecule has 0 aromatic heterocycles. The number of carbonyl (C=O) groups is 2. The predicted octanol–water partition coefficient (Wildman–Crippen LogP) is 4.63. The first-order valence-electron chi connectivity index (χ1n) is 9.84. The van der Waals surface area contributed by atoms with Gasteiger partial charge in [-0.25, -0.2) is 0 Å². The molecule has 2 amide bonds. The maximum atomic E-state index is 12.5. The number of methoxy groups -OCH3 is 1. The van der Waals surface area contributed by atoms with E-state index in [0.29, 0.717) is 27.3 Å². The Kier molecular flexibility index (Phi) is 7.70. The molecule has 1 N–H and O–H groups in total. The van der Waals surface area contributed by atoms with E-state index in [0.717, 1.165) is 23.2 Å². The normalized spacial score (nSPS) is 14.8. The lowest BCUT2D eigenvalue weighted by Gasteiger charge is -2.12. The molecule has 1 heterocycles. The molecule has 1 fully saturated rings. The van der Waals surface area contributed by atoms with E-state index >= 15 is 0 Å². The van der Waals surface area contributed by atoms with Crippen LogP contribution in [0.3, 0.4) is 0 Å². The SMILES string of the molecule is CCCN1C(=O)/C(=C/c2ccc(OCC(=O)Nc3cccc(C)c3)c(OC)c2)SC1=S. The van der Waals surface area contributed by atoms with E-state index in [-0.39, 0.29) is 18.4 Å². The molecule has 3 rings (SSSR count). The van der Waals surface area contributed by atoms with Gasteiger partial charge in [-0.2, -0.15) is 0 Å². The topological polar surface area (TPSA) is 67.9 Å². The summed E-state index contributed by atoms with van der Waals surface area (Å²) >= 11 is 6.60. The van der Waals surface area contributed by atoms with Crippen LogP contribution in [0.15, 0.2) is 47.4 Å². The lowest BCUT2D eigenvalue weighted by atomic mass is 10.2. The zero-order valence-corrected chi connectivity index (χ0v) is 19.3. The second-order valence-corrected chi connectivity index (χ2v) is 8.63. The highest BCUT2D eigenvalue weighted by molar-refractivity contribution is 8.26. The van der Waals surface area contributed by atoms with Gasteiger partial charge in [-0.15, -0.1) is 0 Å². The van der Waals surface area contributed by atoms with Crippen molar-refractivity contribution in [2.45, 2.75) is 20.3 Å². The van der Waals surface area contributed by atoms with Crippen LogP contribution in [0.1, 0.15) is 24.5 Å². The Morgan fingerprint density at radius 1 is 1.23 bits per heavy atom. The minimum Gasteiger partial charge on any atom is -0.493 e. The molecule has 0 spiro atoms. The summed E-state index contributed by atoms with van der Waals surface area (Å²) < 4.78 is 11.6. The van der Waals surface area contributed by atoms with E-state index in [1.165, 1.54) is 18.9 Å². The Balaban J connectivity index is 1.67. The van der Waals surface area contributed by atoms with Gasteiger partial charge in [-0.3, -0.25) is 14.5 Å². The summed E-state index contributed by atoms with van der Waals surface area (Å²) in [6.07, 6.45) is 2.63. The number of nitrogens with one attached hydrogen (secondary N) is 1. The van der Waals surface area contributed by atoms with Crippen LogP contribution >= 0.6 is 24.0 Å². The molecule has 0 saturated carbocycles. The largest absolute Gasteiger partial charge is 0.493 e. The molecule has 0 unspecified atom stereocenters. The molecular weight excluding hydrogens is 432 g/mol. The Morgan fingerprint density at radius 2 is 2.03 bits per heavy atom. The molecule has 2 aromatic carbocycles. The van der Waals surface area contributed by atoms with Crippen molar-refractivity contribution in [1.29, 1.82) is 0 Å². The Hall–Kier alpha value is -2.84. The summed E-state index contributed by atoms with van der Waals surface area (Å²) in [6.45, 7) is 4.43. The van der Waals surface area contributed by atoms with E-state index in [2.05, 4.69) is 5.32 Å². The molecule has 8 heteroatoms. The zero-order valence-electron chi connectivity index (χ0n) is 17.6. The fraction of sp³-hybridized carbons (Fsp3) is 0.261. The molecule has 1 saturated heterocycles. The Morgan fingerprint density at radius 3 is 2.74 bits per heavy atom. The first kappa shape index (κ1) is 22.8. The van der Waals surface area contributed by atoms with Gasteiger partial charge < -0.3 is 14.8 Å². The fourth-order valence-electron chi connectivity index (χ4n) is 3.02. The number of hydrogen-bond donors (Lipinski definition) is 1. The van der Waals surface area contributed by atoms with Gasteiger partial charge in [0.15, 0.2) is 18.1 Å². The predicted molar refractivity (Wildman–Crippen MR) is 128 cm³/mol. The highest BCUT2D eigenvalue weighted by Gasteiger charge is 2.31. The van der Waals surface area contributed by atoms with Crippen molar-refractivity contribution >= 4 is 51.9 Å². The first-order chi connectivity index (χ1) is 14.9. The number of amides is 2. The maximum Gasteiger partial charge on any atom is 0.266 e. The smallest absolute Gasteiger partial charge is 0.266 e. The number of thiocarbonyl (C=S) groups is 1. The van der Waals surface area contributed by atoms with Gasteiger partial charge in [0.2, 0.25) is 0 Å². The molecule has 0 radical (unpaired) electrons. The lowest BCUT2D eigenvalue weighted by molar-refractivity contribution is -0.122. The quantitative estimate of drug-likeness (QED) is 0.461. The van der Waals surface area contributed by atoms with Gasteiger partial charge >= 0.3 is 0 Å². The van der Waals surface area contributed by atoms with E-state index in [1.807, 2.05) is 44.2 Å². The number of carbonyl (C=O) groups excluding carboxylic acids is 2. The molecule has 162 valence electrons. The molecular formula is C23H24N2O4S2. The highest BCUT2D eigenvalue weighted by atomic mass is 32.2. The summed E-state index contributed by atoms with van der Waals surface area (Å²) in [5.74, 6) is 0.569. The fourth-order valence-corrected chi connectivity index (χ4v) is 4.33. The van der Waals surface area contributed by atoms with Crippen LogP contribution in [-0.4, -0.2) is 41.3 Å². The van der Waals surface area contributed by atoms with Crippen LogP contribution in [0.2, 0.25) is 0 Å². The minimum atomic E-state index is -0.267. The van der Waals surface area contributed by atoms with Gasteiger partial charge in [0.25, 0.3) is 11.8 Å². The van der Waals surface area contributed by atoms with Gasteiger partial charge in [0.1, 0.15) is 4.32 Å². The number of anilines is 1. The van der Waals surface area contributed by atoms with E-state index in [1.54, 1.807) is 23.1 Å². The molecule has 0 aliphatic carbocycles. The summed E-state index contributed by atoms with van der Waals surface area (Å²) in [5.41, 5.74) is 2.56. The third-order valence-electron chi connectivity index (χ3n) is 4.47.